The topological polar surface area (TPSA) is 21.3 Å². The Hall–Kier alpha value is -1.51. The second-order valence-corrected chi connectivity index (χ2v) is 5.04. The maximum Gasteiger partial charge on any atom is 0.124 e. The fourth-order valence-electron chi connectivity index (χ4n) is 2.07. The zero-order valence-electron chi connectivity index (χ0n) is 11.4. The van der Waals surface area contributed by atoms with Gasteiger partial charge in [-0.15, -0.1) is 12.4 Å². The molecule has 106 valence electrons. The largest absolute Gasteiger partial charge is 0.489 e. The second-order valence-electron chi connectivity index (χ2n) is 5.04. The zero-order chi connectivity index (χ0) is 12.9. The molecule has 3 heteroatoms. The summed E-state index contributed by atoms with van der Waals surface area (Å²) in [4.78, 5) is 0. The summed E-state index contributed by atoms with van der Waals surface area (Å²) in [5.41, 5.74) is 2.44. The summed E-state index contributed by atoms with van der Waals surface area (Å²) in [5, 5.41) is 3.53. The van der Waals surface area contributed by atoms with Crippen LogP contribution in [0.4, 0.5) is 0 Å². The second kappa shape index (κ2) is 7.32. The van der Waals surface area contributed by atoms with Crippen LogP contribution in [0.1, 0.15) is 24.0 Å². The molecule has 0 spiro atoms. The van der Waals surface area contributed by atoms with Gasteiger partial charge in [0.2, 0.25) is 0 Å². The van der Waals surface area contributed by atoms with Crippen LogP contribution in [0.25, 0.3) is 0 Å². The monoisotopic (exact) mass is 289 g/mol. The smallest absolute Gasteiger partial charge is 0.124 e. The highest BCUT2D eigenvalue weighted by Gasteiger charge is 2.20. The number of nitrogens with one attached hydrogen (secondary N) is 1. The molecule has 0 radical (unpaired) electrons. The molecule has 1 N–H and O–H groups in total. The van der Waals surface area contributed by atoms with E-state index >= 15 is 0 Å². The Morgan fingerprint density at radius 3 is 2.40 bits per heavy atom. The molecule has 0 bridgehead atoms. The van der Waals surface area contributed by atoms with Crippen LogP contribution in [0.2, 0.25) is 0 Å². The minimum atomic E-state index is 0. The predicted octanol–water partition coefficient (Wildman–Crippen LogP) is 3.94. The molecule has 3 rings (SSSR count). The van der Waals surface area contributed by atoms with Crippen molar-refractivity contribution < 1.29 is 4.74 Å². The van der Waals surface area contributed by atoms with E-state index < -0.39 is 0 Å². The van der Waals surface area contributed by atoms with Crippen molar-refractivity contribution in [3.8, 4) is 5.75 Å². The van der Waals surface area contributed by atoms with Gasteiger partial charge in [-0.3, -0.25) is 0 Å². The molecule has 1 aliphatic carbocycles. The van der Waals surface area contributed by atoms with Crippen LogP contribution in [0, 0.1) is 0 Å². The third-order valence-electron chi connectivity index (χ3n) is 3.37. The molecule has 0 unspecified atom stereocenters. The van der Waals surface area contributed by atoms with Gasteiger partial charge in [0.25, 0.3) is 0 Å². The van der Waals surface area contributed by atoms with Crippen molar-refractivity contribution in [2.75, 3.05) is 0 Å². The van der Waals surface area contributed by atoms with Gasteiger partial charge in [-0.05, 0) is 24.5 Å². The molecule has 0 atom stereocenters. The molecule has 1 fully saturated rings. The molecule has 0 amide bonds. The minimum absolute atomic E-state index is 0. The van der Waals surface area contributed by atoms with Crippen LogP contribution in [0.5, 0.6) is 5.75 Å². The quantitative estimate of drug-likeness (QED) is 0.870. The van der Waals surface area contributed by atoms with Gasteiger partial charge >= 0.3 is 0 Å². The molecule has 0 aromatic heterocycles. The van der Waals surface area contributed by atoms with E-state index in [0.717, 1.165) is 18.3 Å². The number of hydrogen-bond donors (Lipinski definition) is 1. The fraction of sp³-hybridized carbons (Fsp3) is 0.294. The molecule has 1 saturated carbocycles. The third-order valence-corrected chi connectivity index (χ3v) is 3.37. The highest BCUT2D eigenvalue weighted by molar-refractivity contribution is 5.85. The highest BCUT2D eigenvalue weighted by Crippen LogP contribution is 2.23. The predicted molar refractivity (Wildman–Crippen MR) is 84.3 cm³/mol. The van der Waals surface area contributed by atoms with E-state index in [1.807, 2.05) is 30.3 Å². The van der Waals surface area contributed by atoms with Gasteiger partial charge in [-0.1, -0.05) is 48.5 Å². The van der Waals surface area contributed by atoms with Crippen LogP contribution in [0.3, 0.4) is 0 Å². The lowest BCUT2D eigenvalue weighted by atomic mass is 10.2. The molecule has 0 saturated heterocycles. The van der Waals surface area contributed by atoms with E-state index in [2.05, 4.69) is 29.6 Å². The molecular weight excluding hydrogens is 270 g/mol. The molecular formula is C17H20ClNO. The average Bonchev–Trinajstić information content (AvgIpc) is 3.29. The van der Waals surface area contributed by atoms with Gasteiger partial charge in [0.05, 0.1) is 0 Å². The van der Waals surface area contributed by atoms with Crippen molar-refractivity contribution in [2.24, 2.45) is 0 Å². The van der Waals surface area contributed by atoms with Gasteiger partial charge in [-0.2, -0.15) is 0 Å². The zero-order valence-corrected chi connectivity index (χ0v) is 12.2. The summed E-state index contributed by atoms with van der Waals surface area (Å²) < 4.78 is 5.94. The van der Waals surface area contributed by atoms with Crippen molar-refractivity contribution in [2.45, 2.75) is 32.0 Å². The first kappa shape index (κ1) is 14.9. The van der Waals surface area contributed by atoms with E-state index in [0.29, 0.717) is 6.61 Å². The first-order valence-corrected chi connectivity index (χ1v) is 6.90. The summed E-state index contributed by atoms with van der Waals surface area (Å²) in [7, 11) is 0. The lowest BCUT2D eigenvalue weighted by Gasteiger charge is -2.12. The van der Waals surface area contributed by atoms with Gasteiger partial charge in [0.15, 0.2) is 0 Å². The molecule has 1 aliphatic rings. The van der Waals surface area contributed by atoms with E-state index in [4.69, 9.17) is 4.74 Å². The first-order chi connectivity index (χ1) is 9.42. The fourth-order valence-corrected chi connectivity index (χ4v) is 2.07. The van der Waals surface area contributed by atoms with Crippen molar-refractivity contribution in [1.82, 2.24) is 5.32 Å². The van der Waals surface area contributed by atoms with Crippen LogP contribution in [0.15, 0.2) is 54.6 Å². The molecule has 0 aliphatic heterocycles. The van der Waals surface area contributed by atoms with Crippen LogP contribution >= 0.6 is 12.4 Å². The summed E-state index contributed by atoms with van der Waals surface area (Å²) in [6.45, 7) is 1.52. The van der Waals surface area contributed by atoms with Gasteiger partial charge in [-0.25, -0.2) is 0 Å². The third kappa shape index (κ3) is 4.26. The number of para-hydroxylation sites is 1. The lowest BCUT2D eigenvalue weighted by molar-refractivity contribution is 0.302. The number of rotatable bonds is 6. The van der Waals surface area contributed by atoms with E-state index in [1.54, 1.807) is 0 Å². The van der Waals surface area contributed by atoms with Crippen LogP contribution < -0.4 is 10.1 Å². The van der Waals surface area contributed by atoms with Crippen molar-refractivity contribution in [1.29, 1.82) is 0 Å². The number of halogens is 1. The lowest BCUT2D eigenvalue weighted by Crippen LogP contribution is -2.16. The Kier molecular flexibility index (Phi) is 5.45. The maximum atomic E-state index is 5.94. The highest BCUT2D eigenvalue weighted by atomic mass is 35.5. The number of benzene rings is 2. The normalized spacial score (nSPS) is 13.6. The minimum Gasteiger partial charge on any atom is -0.489 e. The van der Waals surface area contributed by atoms with E-state index in [9.17, 15) is 0 Å². The Morgan fingerprint density at radius 1 is 0.950 bits per heavy atom. The summed E-state index contributed by atoms with van der Waals surface area (Å²) in [5.74, 6) is 0.986. The van der Waals surface area contributed by atoms with Crippen LogP contribution in [-0.2, 0) is 13.2 Å². The number of ether oxygens (including phenoxy) is 1. The van der Waals surface area contributed by atoms with Gasteiger partial charge in [0, 0.05) is 18.2 Å². The van der Waals surface area contributed by atoms with Crippen molar-refractivity contribution >= 4 is 12.4 Å². The van der Waals surface area contributed by atoms with E-state index in [1.165, 1.54) is 24.0 Å². The van der Waals surface area contributed by atoms with E-state index in [-0.39, 0.29) is 12.4 Å². The Balaban J connectivity index is 0.00000147. The summed E-state index contributed by atoms with van der Waals surface area (Å²) in [6.07, 6.45) is 2.63. The van der Waals surface area contributed by atoms with Gasteiger partial charge in [0.1, 0.15) is 12.4 Å². The molecule has 2 nitrogen and oxygen atoms in total. The molecule has 20 heavy (non-hydrogen) atoms. The summed E-state index contributed by atoms with van der Waals surface area (Å²) >= 11 is 0. The number of hydrogen-bond acceptors (Lipinski definition) is 2. The average molecular weight is 290 g/mol. The van der Waals surface area contributed by atoms with Crippen molar-refractivity contribution in [3.63, 3.8) is 0 Å². The molecule has 2 aromatic rings. The molecule has 0 heterocycles. The SMILES string of the molecule is Cl.c1ccc(COc2ccccc2CNC2CC2)cc1. The van der Waals surface area contributed by atoms with Crippen LogP contribution in [-0.4, -0.2) is 6.04 Å². The van der Waals surface area contributed by atoms with Crippen molar-refractivity contribution in [3.05, 3.63) is 65.7 Å². The Bertz CT molecular complexity index is 526. The standard InChI is InChI=1S/C17H19NO.ClH/c1-2-6-14(7-3-1)13-19-17-9-5-4-8-15(17)12-18-16-10-11-16;/h1-9,16,18H,10-13H2;1H. The first-order valence-electron chi connectivity index (χ1n) is 6.90. The maximum absolute atomic E-state index is 5.94. The Morgan fingerprint density at radius 2 is 1.65 bits per heavy atom. The molecule has 2 aromatic carbocycles. The summed E-state index contributed by atoms with van der Waals surface area (Å²) in [6, 6.07) is 19.3. The van der Waals surface area contributed by atoms with Gasteiger partial charge < -0.3 is 10.1 Å². The Labute approximate surface area is 126 Å².